The number of halogens is 1. The molecule has 26 heavy (non-hydrogen) atoms. The molecule has 1 heterocycles. The molecule has 5 heteroatoms. The summed E-state index contributed by atoms with van der Waals surface area (Å²) in [6.07, 6.45) is 0. The molecule has 1 aromatic heterocycles. The van der Waals surface area contributed by atoms with Gasteiger partial charge in [0.2, 0.25) is 0 Å². The Bertz CT molecular complexity index is 930. The Hall–Kier alpha value is -3.08. The molecule has 3 rings (SSSR count). The largest absolute Gasteiger partial charge is 0.496 e. The van der Waals surface area contributed by atoms with Gasteiger partial charge in [-0.05, 0) is 50.2 Å². The Morgan fingerprint density at radius 1 is 1.12 bits per heavy atom. The predicted octanol–water partition coefficient (Wildman–Crippen LogP) is 4.17. The van der Waals surface area contributed by atoms with Gasteiger partial charge in [-0.1, -0.05) is 18.2 Å². The van der Waals surface area contributed by atoms with Gasteiger partial charge in [0, 0.05) is 29.2 Å². The van der Waals surface area contributed by atoms with Gasteiger partial charge in [0.1, 0.15) is 11.6 Å². The van der Waals surface area contributed by atoms with E-state index in [2.05, 4.69) is 5.32 Å². The van der Waals surface area contributed by atoms with E-state index in [9.17, 15) is 9.18 Å². The summed E-state index contributed by atoms with van der Waals surface area (Å²) in [6.45, 7) is 4.19. The smallest absolute Gasteiger partial charge is 0.253 e. The van der Waals surface area contributed by atoms with Crippen LogP contribution in [0.5, 0.6) is 5.75 Å². The average molecular weight is 352 g/mol. The number of hydrogen-bond acceptors (Lipinski definition) is 2. The summed E-state index contributed by atoms with van der Waals surface area (Å²) < 4.78 is 20.4. The highest BCUT2D eigenvalue weighted by atomic mass is 19.1. The van der Waals surface area contributed by atoms with Crippen LogP contribution in [-0.4, -0.2) is 17.6 Å². The second-order valence-corrected chi connectivity index (χ2v) is 6.09. The maximum Gasteiger partial charge on any atom is 0.253 e. The molecular formula is C21H21FN2O2. The first-order chi connectivity index (χ1) is 12.5. The van der Waals surface area contributed by atoms with Crippen molar-refractivity contribution >= 4 is 5.91 Å². The third-order valence-electron chi connectivity index (χ3n) is 4.39. The molecule has 0 spiro atoms. The summed E-state index contributed by atoms with van der Waals surface area (Å²) in [5.74, 6) is 0.299. The van der Waals surface area contributed by atoms with Crippen molar-refractivity contribution in [2.75, 3.05) is 7.11 Å². The lowest BCUT2D eigenvalue weighted by atomic mass is 10.2. The van der Waals surface area contributed by atoms with Crippen molar-refractivity contribution in [1.82, 2.24) is 9.88 Å². The number of nitrogens with zero attached hydrogens (tertiary/aromatic N) is 1. The molecule has 134 valence electrons. The first kappa shape index (κ1) is 17.7. The van der Waals surface area contributed by atoms with Gasteiger partial charge >= 0.3 is 0 Å². The van der Waals surface area contributed by atoms with Crippen molar-refractivity contribution in [3.8, 4) is 11.4 Å². The lowest BCUT2D eigenvalue weighted by molar-refractivity contribution is 0.0950. The highest BCUT2D eigenvalue weighted by Crippen LogP contribution is 2.22. The molecule has 0 aliphatic rings. The lowest BCUT2D eigenvalue weighted by Crippen LogP contribution is -2.23. The van der Waals surface area contributed by atoms with Crippen LogP contribution in [0, 0.1) is 19.7 Å². The van der Waals surface area contributed by atoms with Gasteiger partial charge in [0.05, 0.1) is 12.7 Å². The topological polar surface area (TPSA) is 43.3 Å². The Kier molecular flexibility index (Phi) is 5.07. The molecule has 2 aromatic carbocycles. The molecule has 0 fully saturated rings. The number of rotatable bonds is 5. The van der Waals surface area contributed by atoms with Crippen molar-refractivity contribution in [3.63, 3.8) is 0 Å². The molecule has 0 radical (unpaired) electrons. The lowest BCUT2D eigenvalue weighted by Gasteiger charge is -2.11. The Morgan fingerprint density at radius 3 is 2.50 bits per heavy atom. The third-order valence-corrected chi connectivity index (χ3v) is 4.39. The molecule has 4 nitrogen and oxygen atoms in total. The minimum Gasteiger partial charge on any atom is -0.496 e. The molecule has 0 saturated heterocycles. The standard InChI is InChI=1S/C21H21FN2O2/c1-14-12-19(15(2)24(14)18-10-8-17(22)9-11-18)21(25)23-13-16-6-4-5-7-20(16)26-3/h4-12H,13H2,1-3H3,(H,23,25). The molecule has 0 unspecified atom stereocenters. The third kappa shape index (κ3) is 3.47. The normalized spacial score (nSPS) is 10.6. The Balaban J connectivity index is 1.82. The summed E-state index contributed by atoms with van der Waals surface area (Å²) in [5.41, 5.74) is 4.06. The number of benzene rings is 2. The van der Waals surface area contributed by atoms with E-state index in [1.54, 1.807) is 19.2 Å². The van der Waals surface area contributed by atoms with Gasteiger partial charge in [-0.25, -0.2) is 4.39 Å². The number of aryl methyl sites for hydroxylation is 1. The van der Waals surface area contributed by atoms with Crippen LogP contribution in [0.15, 0.2) is 54.6 Å². The van der Waals surface area contributed by atoms with Crippen molar-refractivity contribution in [3.05, 3.63) is 82.9 Å². The molecule has 0 bridgehead atoms. The molecule has 0 atom stereocenters. The van der Waals surface area contributed by atoms with Gasteiger partial charge in [0.25, 0.3) is 5.91 Å². The van der Waals surface area contributed by atoms with Crippen LogP contribution in [0.3, 0.4) is 0 Å². The van der Waals surface area contributed by atoms with E-state index in [0.29, 0.717) is 12.1 Å². The molecule has 0 aliphatic carbocycles. The van der Waals surface area contributed by atoms with Gasteiger partial charge in [-0.3, -0.25) is 4.79 Å². The van der Waals surface area contributed by atoms with Crippen molar-refractivity contribution in [2.45, 2.75) is 20.4 Å². The zero-order valence-corrected chi connectivity index (χ0v) is 15.0. The van der Waals surface area contributed by atoms with Gasteiger partial charge in [0.15, 0.2) is 0 Å². The molecular weight excluding hydrogens is 331 g/mol. The SMILES string of the molecule is COc1ccccc1CNC(=O)c1cc(C)n(-c2ccc(F)cc2)c1C. The van der Waals surface area contributed by atoms with Crippen LogP contribution in [0.2, 0.25) is 0 Å². The highest BCUT2D eigenvalue weighted by Gasteiger charge is 2.17. The fraction of sp³-hybridized carbons (Fsp3) is 0.190. The highest BCUT2D eigenvalue weighted by molar-refractivity contribution is 5.95. The van der Waals surface area contributed by atoms with Gasteiger partial charge in [-0.15, -0.1) is 0 Å². The predicted molar refractivity (Wildman–Crippen MR) is 99.4 cm³/mol. The quantitative estimate of drug-likeness (QED) is 0.749. The van der Waals surface area contributed by atoms with Crippen molar-refractivity contribution < 1.29 is 13.9 Å². The second-order valence-electron chi connectivity index (χ2n) is 6.09. The first-order valence-electron chi connectivity index (χ1n) is 8.36. The van der Waals surface area contributed by atoms with Crippen LogP contribution in [-0.2, 0) is 6.54 Å². The zero-order chi connectivity index (χ0) is 18.7. The van der Waals surface area contributed by atoms with E-state index in [1.165, 1.54) is 12.1 Å². The van der Waals surface area contributed by atoms with Crippen molar-refractivity contribution in [2.24, 2.45) is 0 Å². The number of para-hydroxylation sites is 1. The van der Waals surface area contributed by atoms with E-state index >= 15 is 0 Å². The fourth-order valence-corrected chi connectivity index (χ4v) is 3.10. The number of carbonyl (C=O) groups excluding carboxylic acids is 1. The summed E-state index contributed by atoms with van der Waals surface area (Å²) in [5, 5.41) is 2.94. The zero-order valence-electron chi connectivity index (χ0n) is 15.0. The van der Waals surface area contributed by atoms with Crippen LogP contribution in [0.4, 0.5) is 4.39 Å². The van der Waals surface area contributed by atoms with E-state index in [1.807, 2.05) is 48.7 Å². The first-order valence-corrected chi connectivity index (χ1v) is 8.36. The number of hydrogen-bond donors (Lipinski definition) is 1. The second kappa shape index (κ2) is 7.44. The number of carbonyl (C=O) groups is 1. The number of methoxy groups -OCH3 is 1. The molecule has 1 N–H and O–H groups in total. The number of amides is 1. The number of ether oxygens (including phenoxy) is 1. The minimum absolute atomic E-state index is 0.155. The van der Waals surface area contributed by atoms with Crippen LogP contribution in [0.25, 0.3) is 5.69 Å². The summed E-state index contributed by atoms with van der Waals surface area (Å²) >= 11 is 0. The Labute approximate surface area is 152 Å². The molecule has 1 amide bonds. The minimum atomic E-state index is -0.286. The van der Waals surface area contributed by atoms with Crippen LogP contribution < -0.4 is 10.1 Å². The maximum absolute atomic E-state index is 13.2. The van der Waals surface area contributed by atoms with E-state index in [4.69, 9.17) is 4.74 Å². The van der Waals surface area contributed by atoms with E-state index < -0.39 is 0 Å². The van der Waals surface area contributed by atoms with Gasteiger partial charge in [-0.2, -0.15) is 0 Å². The maximum atomic E-state index is 13.2. The number of aromatic nitrogens is 1. The average Bonchev–Trinajstić information content (AvgIpc) is 2.95. The van der Waals surface area contributed by atoms with E-state index in [-0.39, 0.29) is 11.7 Å². The van der Waals surface area contributed by atoms with E-state index in [0.717, 1.165) is 28.4 Å². The molecule has 3 aromatic rings. The molecule has 0 saturated carbocycles. The van der Waals surface area contributed by atoms with Crippen LogP contribution in [0.1, 0.15) is 27.3 Å². The summed E-state index contributed by atoms with van der Waals surface area (Å²) in [6, 6.07) is 15.6. The Morgan fingerprint density at radius 2 is 1.81 bits per heavy atom. The molecule has 0 aliphatic heterocycles. The summed E-state index contributed by atoms with van der Waals surface area (Å²) in [7, 11) is 1.61. The number of nitrogens with one attached hydrogen (secondary N) is 1. The van der Waals surface area contributed by atoms with Crippen molar-refractivity contribution in [1.29, 1.82) is 0 Å². The summed E-state index contributed by atoms with van der Waals surface area (Å²) in [4.78, 5) is 12.7. The fourth-order valence-electron chi connectivity index (χ4n) is 3.10. The van der Waals surface area contributed by atoms with Crippen LogP contribution >= 0.6 is 0 Å². The monoisotopic (exact) mass is 352 g/mol. The van der Waals surface area contributed by atoms with Gasteiger partial charge < -0.3 is 14.6 Å².